The second-order valence-electron chi connectivity index (χ2n) is 8.13. The standard InChI is InChI=1S/C23H28ClNO2/c1-27-19-11-9-17(10-12-19)22-20-7-4-5-13-23(20,26)14-15-25(22)16-18-6-2-3-8-21(18)24/h2-3,6,8-12,20,22,26H,4-5,7,13-16H2,1H3/p+1/t20-,22+,23-/m0/s1. The van der Waals surface area contributed by atoms with Crippen molar-refractivity contribution in [2.45, 2.75) is 50.3 Å². The van der Waals surface area contributed by atoms with Gasteiger partial charge in [0.05, 0.1) is 19.3 Å². The van der Waals surface area contributed by atoms with Crippen molar-refractivity contribution >= 4 is 11.6 Å². The van der Waals surface area contributed by atoms with Crippen LogP contribution in [0.5, 0.6) is 5.75 Å². The third kappa shape index (κ3) is 3.73. The molecule has 0 spiro atoms. The van der Waals surface area contributed by atoms with Gasteiger partial charge in [0.2, 0.25) is 0 Å². The predicted molar refractivity (Wildman–Crippen MR) is 108 cm³/mol. The Kier molecular flexibility index (Phi) is 5.45. The Balaban J connectivity index is 1.69. The molecule has 1 unspecified atom stereocenters. The van der Waals surface area contributed by atoms with Gasteiger partial charge in [-0.3, -0.25) is 0 Å². The molecule has 27 heavy (non-hydrogen) atoms. The molecule has 4 heteroatoms. The zero-order chi connectivity index (χ0) is 18.9. The highest BCUT2D eigenvalue weighted by Gasteiger charge is 2.51. The summed E-state index contributed by atoms with van der Waals surface area (Å²) in [5.74, 6) is 1.17. The number of nitrogens with one attached hydrogen (secondary N) is 1. The first-order chi connectivity index (χ1) is 13.1. The van der Waals surface area contributed by atoms with Gasteiger partial charge in [-0.05, 0) is 43.2 Å². The number of halogens is 1. The molecule has 0 bridgehead atoms. The summed E-state index contributed by atoms with van der Waals surface area (Å²) in [5, 5.41) is 12.2. The van der Waals surface area contributed by atoms with E-state index in [1.54, 1.807) is 7.11 Å². The molecular weight excluding hydrogens is 358 g/mol. The van der Waals surface area contributed by atoms with Crippen molar-refractivity contribution in [2.24, 2.45) is 5.92 Å². The Morgan fingerprint density at radius 2 is 1.89 bits per heavy atom. The summed E-state index contributed by atoms with van der Waals surface area (Å²) in [6.07, 6.45) is 5.26. The summed E-state index contributed by atoms with van der Waals surface area (Å²) in [7, 11) is 1.70. The number of hydrogen-bond donors (Lipinski definition) is 2. The average molecular weight is 387 g/mol. The fourth-order valence-corrected chi connectivity index (χ4v) is 5.42. The predicted octanol–water partition coefficient (Wildman–Crippen LogP) is 3.80. The lowest BCUT2D eigenvalue weighted by molar-refractivity contribution is -0.958. The Labute approximate surface area is 166 Å². The summed E-state index contributed by atoms with van der Waals surface area (Å²) in [6.45, 7) is 1.86. The normalized spacial score (nSPS) is 30.6. The van der Waals surface area contributed by atoms with Crippen molar-refractivity contribution in [3.8, 4) is 5.75 Å². The Morgan fingerprint density at radius 3 is 2.63 bits per heavy atom. The molecule has 1 saturated carbocycles. The maximum absolute atomic E-state index is 11.4. The van der Waals surface area contributed by atoms with Gasteiger partial charge < -0.3 is 14.7 Å². The average Bonchev–Trinajstić information content (AvgIpc) is 2.70. The second kappa shape index (κ2) is 7.83. The summed E-state index contributed by atoms with van der Waals surface area (Å²) in [4.78, 5) is 1.50. The fraction of sp³-hybridized carbons (Fsp3) is 0.478. The molecule has 0 aromatic heterocycles. The first kappa shape index (κ1) is 18.8. The summed E-state index contributed by atoms with van der Waals surface area (Å²) >= 11 is 6.46. The van der Waals surface area contributed by atoms with Gasteiger partial charge in [0, 0.05) is 28.5 Å². The van der Waals surface area contributed by atoms with Crippen molar-refractivity contribution in [1.82, 2.24) is 0 Å². The van der Waals surface area contributed by atoms with Crippen LogP contribution in [0.4, 0.5) is 0 Å². The van der Waals surface area contributed by atoms with Crippen LogP contribution in [0.2, 0.25) is 5.02 Å². The van der Waals surface area contributed by atoms with Crippen LogP contribution in [0.25, 0.3) is 0 Å². The molecule has 0 amide bonds. The first-order valence-electron chi connectivity index (χ1n) is 10.0. The maximum atomic E-state index is 11.4. The zero-order valence-corrected chi connectivity index (χ0v) is 16.7. The smallest absolute Gasteiger partial charge is 0.119 e. The Hall–Kier alpha value is -1.55. The van der Waals surface area contributed by atoms with E-state index in [0.29, 0.717) is 5.92 Å². The number of benzene rings is 2. The third-order valence-corrected chi connectivity index (χ3v) is 7.01. The molecule has 2 aromatic rings. The molecule has 4 atom stereocenters. The van der Waals surface area contributed by atoms with Gasteiger partial charge in [-0.1, -0.05) is 42.6 Å². The van der Waals surface area contributed by atoms with Gasteiger partial charge in [0.15, 0.2) is 0 Å². The quantitative estimate of drug-likeness (QED) is 0.838. The molecule has 1 aliphatic carbocycles. The van der Waals surface area contributed by atoms with Gasteiger partial charge in [-0.15, -0.1) is 0 Å². The lowest BCUT2D eigenvalue weighted by Gasteiger charge is -2.50. The van der Waals surface area contributed by atoms with E-state index in [-0.39, 0.29) is 6.04 Å². The third-order valence-electron chi connectivity index (χ3n) is 6.64. The van der Waals surface area contributed by atoms with Crippen molar-refractivity contribution in [1.29, 1.82) is 0 Å². The number of ether oxygens (including phenoxy) is 1. The van der Waals surface area contributed by atoms with Crippen LogP contribution in [0.1, 0.15) is 49.3 Å². The summed E-state index contributed by atoms with van der Waals surface area (Å²) in [5.41, 5.74) is 1.96. The number of quaternary nitrogens is 1. The van der Waals surface area contributed by atoms with Gasteiger partial charge in [0.1, 0.15) is 18.3 Å². The van der Waals surface area contributed by atoms with Crippen molar-refractivity contribution in [2.75, 3.05) is 13.7 Å². The molecule has 0 radical (unpaired) electrons. The Morgan fingerprint density at radius 1 is 1.11 bits per heavy atom. The molecule has 2 N–H and O–H groups in total. The van der Waals surface area contributed by atoms with E-state index in [2.05, 4.69) is 24.3 Å². The van der Waals surface area contributed by atoms with Gasteiger partial charge in [-0.25, -0.2) is 0 Å². The molecule has 144 valence electrons. The highest BCUT2D eigenvalue weighted by atomic mass is 35.5. The maximum Gasteiger partial charge on any atom is 0.119 e. The van der Waals surface area contributed by atoms with E-state index >= 15 is 0 Å². The number of methoxy groups -OCH3 is 1. The minimum absolute atomic E-state index is 0.284. The second-order valence-corrected chi connectivity index (χ2v) is 8.54. The van der Waals surface area contributed by atoms with E-state index in [1.165, 1.54) is 22.4 Å². The van der Waals surface area contributed by atoms with E-state index in [9.17, 15) is 5.11 Å². The lowest BCUT2D eigenvalue weighted by atomic mass is 9.66. The molecule has 1 aliphatic heterocycles. The number of aliphatic hydroxyl groups is 1. The number of piperidine rings is 1. The van der Waals surface area contributed by atoms with Crippen LogP contribution in [0.15, 0.2) is 48.5 Å². The fourth-order valence-electron chi connectivity index (χ4n) is 5.22. The van der Waals surface area contributed by atoms with Crippen molar-refractivity contribution in [3.05, 3.63) is 64.7 Å². The van der Waals surface area contributed by atoms with Crippen LogP contribution in [-0.4, -0.2) is 24.4 Å². The molecule has 2 aromatic carbocycles. The van der Waals surface area contributed by atoms with E-state index in [1.807, 2.05) is 24.3 Å². The number of fused-ring (bicyclic) bond motifs is 1. The SMILES string of the molecule is COc1ccc([C@@H]2[C@@H]3CCCC[C@]3(O)CC[NH+]2Cc2ccccc2Cl)cc1. The van der Waals surface area contributed by atoms with Crippen LogP contribution in [0, 0.1) is 5.92 Å². The highest BCUT2D eigenvalue weighted by Crippen LogP contribution is 2.44. The minimum Gasteiger partial charge on any atom is -0.497 e. The molecule has 1 saturated heterocycles. The van der Waals surface area contributed by atoms with E-state index < -0.39 is 5.60 Å². The summed E-state index contributed by atoms with van der Waals surface area (Å²) in [6, 6.07) is 16.9. The van der Waals surface area contributed by atoms with Crippen molar-refractivity contribution < 1.29 is 14.7 Å². The molecular formula is C23H29ClNO2+. The largest absolute Gasteiger partial charge is 0.497 e. The Bertz CT molecular complexity index is 778. The highest BCUT2D eigenvalue weighted by molar-refractivity contribution is 6.31. The van der Waals surface area contributed by atoms with Crippen LogP contribution >= 0.6 is 11.6 Å². The van der Waals surface area contributed by atoms with Gasteiger partial charge in [0.25, 0.3) is 0 Å². The van der Waals surface area contributed by atoms with Gasteiger partial charge >= 0.3 is 0 Å². The van der Waals surface area contributed by atoms with Gasteiger partial charge in [-0.2, -0.15) is 0 Å². The molecule has 1 heterocycles. The first-order valence-corrected chi connectivity index (χ1v) is 10.4. The van der Waals surface area contributed by atoms with E-state index in [4.69, 9.17) is 16.3 Å². The molecule has 4 rings (SSSR count). The lowest BCUT2D eigenvalue weighted by Crippen LogP contribution is -3.13. The summed E-state index contributed by atoms with van der Waals surface area (Å²) < 4.78 is 5.35. The number of rotatable bonds is 4. The monoisotopic (exact) mass is 386 g/mol. The zero-order valence-electron chi connectivity index (χ0n) is 16.0. The molecule has 2 aliphatic rings. The number of likely N-dealkylation sites (tertiary alicyclic amines) is 1. The van der Waals surface area contributed by atoms with E-state index in [0.717, 1.165) is 49.5 Å². The molecule has 3 nitrogen and oxygen atoms in total. The topological polar surface area (TPSA) is 33.9 Å². The minimum atomic E-state index is -0.521. The number of hydrogen-bond acceptors (Lipinski definition) is 2. The van der Waals surface area contributed by atoms with Crippen molar-refractivity contribution in [3.63, 3.8) is 0 Å². The molecule has 2 fully saturated rings. The van der Waals surface area contributed by atoms with Crippen LogP contribution in [0.3, 0.4) is 0 Å². The van der Waals surface area contributed by atoms with Crippen LogP contribution in [-0.2, 0) is 6.54 Å². The van der Waals surface area contributed by atoms with Crippen LogP contribution < -0.4 is 9.64 Å².